The fourth-order valence-electron chi connectivity index (χ4n) is 2.41. The molecule has 0 heterocycles. The fraction of sp³-hybridized carbons (Fsp3) is 0.533. The van der Waals surface area contributed by atoms with Crippen LogP contribution in [0.1, 0.15) is 44.2 Å². The monoisotopic (exact) mass is 228 g/mol. The summed E-state index contributed by atoms with van der Waals surface area (Å²) < 4.78 is 0. The summed E-state index contributed by atoms with van der Waals surface area (Å²) in [6.07, 6.45) is 4.52. The van der Waals surface area contributed by atoms with Gasteiger partial charge in [0.25, 0.3) is 0 Å². The molecule has 1 aliphatic carbocycles. The smallest absolute Gasteiger partial charge is 0.0641 e. The molecule has 1 atom stereocenters. The predicted molar refractivity (Wildman–Crippen MR) is 69.4 cm³/mol. The summed E-state index contributed by atoms with van der Waals surface area (Å²) in [7, 11) is 0. The highest BCUT2D eigenvalue weighted by Gasteiger charge is 2.31. The van der Waals surface area contributed by atoms with Crippen molar-refractivity contribution in [2.45, 2.75) is 38.6 Å². The van der Waals surface area contributed by atoms with Crippen molar-refractivity contribution in [1.82, 2.24) is 5.32 Å². The summed E-state index contributed by atoms with van der Waals surface area (Å²) in [5.74, 6) is 0. The number of hydrogen-bond acceptors (Lipinski definition) is 2. The lowest BCUT2D eigenvalue weighted by Crippen LogP contribution is -2.38. The number of nitrogens with zero attached hydrogens (tertiary/aromatic N) is 1. The van der Waals surface area contributed by atoms with Gasteiger partial charge < -0.3 is 5.32 Å². The zero-order chi connectivity index (χ0) is 12.1. The van der Waals surface area contributed by atoms with E-state index in [0.29, 0.717) is 11.8 Å². The average molecular weight is 228 g/mol. The van der Waals surface area contributed by atoms with E-state index >= 15 is 0 Å². The van der Waals surface area contributed by atoms with Crippen LogP contribution in [0.4, 0.5) is 0 Å². The molecule has 1 unspecified atom stereocenters. The fourth-order valence-corrected chi connectivity index (χ4v) is 2.41. The molecule has 17 heavy (non-hydrogen) atoms. The molecule has 1 aromatic carbocycles. The predicted octanol–water partition coefficient (Wildman–Crippen LogP) is 3.42. The first-order chi connectivity index (χ1) is 8.23. The van der Waals surface area contributed by atoms with E-state index in [4.69, 9.17) is 5.26 Å². The Morgan fingerprint density at radius 3 is 2.59 bits per heavy atom. The summed E-state index contributed by atoms with van der Waals surface area (Å²) in [5, 5.41) is 12.5. The van der Waals surface area contributed by atoms with Crippen LogP contribution in [0, 0.1) is 16.7 Å². The number of hydrogen-bond donors (Lipinski definition) is 1. The first-order valence-corrected chi connectivity index (χ1v) is 6.39. The second-order valence-corrected chi connectivity index (χ2v) is 5.37. The van der Waals surface area contributed by atoms with Gasteiger partial charge in [0.1, 0.15) is 0 Å². The van der Waals surface area contributed by atoms with Gasteiger partial charge in [-0.25, -0.2) is 0 Å². The van der Waals surface area contributed by atoms with Crippen LogP contribution >= 0.6 is 0 Å². The van der Waals surface area contributed by atoms with Crippen LogP contribution < -0.4 is 5.32 Å². The zero-order valence-corrected chi connectivity index (χ0v) is 10.4. The SMILES string of the molecule is CC1(CNC(CC#N)c2ccccc2)CCC1. The van der Waals surface area contributed by atoms with Crippen molar-refractivity contribution in [3.63, 3.8) is 0 Å². The lowest BCUT2D eigenvalue weighted by molar-refractivity contribution is 0.151. The first kappa shape index (κ1) is 12.1. The summed E-state index contributed by atoms with van der Waals surface area (Å²) in [4.78, 5) is 0. The summed E-state index contributed by atoms with van der Waals surface area (Å²) in [6, 6.07) is 12.7. The van der Waals surface area contributed by atoms with E-state index in [0.717, 1.165) is 6.54 Å². The van der Waals surface area contributed by atoms with Crippen molar-refractivity contribution in [2.24, 2.45) is 5.41 Å². The van der Waals surface area contributed by atoms with Crippen LogP contribution in [-0.2, 0) is 0 Å². The Morgan fingerprint density at radius 1 is 1.35 bits per heavy atom. The van der Waals surface area contributed by atoms with E-state index < -0.39 is 0 Å². The number of benzene rings is 1. The maximum absolute atomic E-state index is 8.91. The summed E-state index contributed by atoms with van der Waals surface area (Å²) in [6.45, 7) is 3.35. The third-order valence-electron chi connectivity index (χ3n) is 3.83. The maximum Gasteiger partial charge on any atom is 0.0641 e. The minimum absolute atomic E-state index is 0.179. The Hall–Kier alpha value is -1.33. The molecule has 0 aliphatic heterocycles. The minimum Gasteiger partial charge on any atom is -0.309 e. The van der Waals surface area contributed by atoms with Gasteiger partial charge in [-0.3, -0.25) is 0 Å². The van der Waals surface area contributed by atoms with Crippen LogP contribution in [0.25, 0.3) is 0 Å². The second kappa shape index (κ2) is 5.33. The van der Waals surface area contributed by atoms with E-state index in [2.05, 4.69) is 30.4 Å². The van der Waals surface area contributed by atoms with E-state index in [1.807, 2.05) is 18.2 Å². The molecule has 1 aromatic rings. The van der Waals surface area contributed by atoms with Crippen LogP contribution in [0.15, 0.2) is 30.3 Å². The van der Waals surface area contributed by atoms with Gasteiger partial charge in [-0.1, -0.05) is 43.7 Å². The molecule has 0 bridgehead atoms. The molecule has 1 aliphatic rings. The first-order valence-electron chi connectivity index (χ1n) is 6.39. The number of nitrogens with one attached hydrogen (secondary N) is 1. The maximum atomic E-state index is 8.91. The van der Waals surface area contributed by atoms with Crippen molar-refractivity contribution in [1.29, 1.82) is 5.26 Å². The van der Waals surface area contributed by atoms with Gasteiger partial charge in [-0.15, -0.1) is 0 Å². The summed E-state index contributed by atoms with van der Waals surface area (Å²) in [5.41, 5.74) is 1.68. The van der Waals surface area contributed by atoms with Gasteiger partial charge in [0.2, 0.25) is 0 Å². The number of rotatable bonds is 5. The van der Waals surface area contributed by atoms with Crippen LogP contribution in [0.5, 0.6) is 0 Å². The molecule has 0 spiro atoms. The van der Waals surface area contributed by atoms with Crippen LogP contribution in [-0.4, -0.2) is 6.54 Å². The number of nitriles is 1. The van der Waals surface area contributed by atoms with Crippen molar-refractivity contribution < 1.29 is 0 Å². The quantitative estimate of drug-likeness (QED) is 0.838. The van der Waals surface area contributed by atoms with Crippen LogP contribution in [0.2, 0.25) is 0 Å². The molecular formula is C15H20N2. The normalized spacial score (nSPS) is 19.1. The summed E-state index contributed by atoms with van der Waals surface area (Å²) >= 11 is 0. The largest absolute Gasteiger partial charge is 0.309 e. The Kier molecular flexibility index (Phi) is 3.81. The standard InChI is InChI=1S/C15H20N2/c1-15(9-5-10-15)12-17-14(8-11-16)13-6-3-2-4-7-13/h2-4,6-7,14,17H,5,8-10,12H2,1H3. The van der Waals surface area contributed by atoms with Crippen molar-refractivity contribution in [3.05, 3.63) is 35.9 Å². The molecule has 0 saturated heterocycles. The van der Waals surface area contributed by atoms with Crippen molar-refractivity contribution in [3.8, 4) is 6.07 Å². The lowest BCUT2D eigenvalue weighted by Gasteiger charge is -2.39. The van der Waals surface area contributed by atoms with Gasteiger partial charge in [0.05, 0.1) is 12.5 Å². The van der Waals surface area contributed by atoms with E-state index in [9.17, 15) is 0 Å². The van der Waals surface area contributed by atoms with E-state index in [1.165, 1.54) is 24.8 Å². The Balaban J connectivity index is 1.96. The van der Waals surface area contributed by atoms with Gasteiger partial charge in [-0.05, 0) is 23.8 Å². The van der Waals surface area contributed by atoms with E-state index in [-0.39, 0.29) is 6.04 Å². The molecule has 90 valence electrons. The topological polar surface area (TPSA) is 35.8 Å². The van der Waals surface area contributed by atoms with Crippen molar-refractivity contribution >= 4 is 0 Å². The average Bonchev–Trinajstić information content (AvgIpc) is 2.33. The van der Waals surface area contributed by atoms with Gasteiger partial charge in [0, 0.05) is 12.6 Å². The molecule has 0 radical (unpaired) electrons. The lowest BCUT2D eigenvalue weighted by atomic mass is 9.70. The second-order valence-electron chi connectivity index (χ2n) is 5.37. The Bertz CT molecular complexity index is 387. The molecular weight excluding hydrogens is 208 g/mol. The molecule has 2 nitrogen and oxygen atoms in total. The highest BCUT2D eigenvalue weighted by Crippen LogP contribution is 2.40. The molecule has 1 N–H and O–H groups in total. The third kappa shape index (κ3) is 3.08. The highest BCUT2D eigenvalue weighted by molar-refractivity contribution is 5.20. The van der Waals surface area contributed by atoms with Gasteiger partial charge in [0.15, 0.2) is 0 Å². The van der Waals surface area contributed by atoms with Crippen LogP contribution in [0.3, 0.4) is 0 Å². The van der Waals surface area contributed by atoms with Gasteiger partial charge >= 0.3 is 0 Å². The Labute approximate surface area is 104 Å². The third-order valence-corrected chi connectivity index (χ3v) is 3.83. The minimum atomic E-state index is 0.179. The van der Waals surface area contributed by atoms with Gasteiger partial charge in [-0.2, -0.15) is 5.26 Å². The zero-order valence-electron chi connectivity index (χ0n) is 10.4. The molecule has 2 heteroatoms. The van der Waals surface area contributed by atoms with Crippen molar-refractivity contribution in [2.75, 3.05) is 6.54 Å². The molecule has 1 fully saturated rings. The molecule has 0 amide bonds. The van der Waals surface area contributed by atoms with E-state index in [1.54, 1.807) is 0 Å². The molecule has 2 rings (SSSR count). The Morgan fingerprint density at radius 2 is 2.06 bits per heavy atom. The molecule has 1 saturated carbocycles. The molecule has 0 aromatic heterocycles. The highest BCUT2D eigenvalue weighted by atomic mass is 14.9.